The molecule has 2 nitrogen and oxygen atoms in total. The Labute approximate surface area is 71.8 Å². The van der Waals surface area contributed by atoms with Crippen LogP contribution in [0.4, 0.5) is 4.39 Å². The Morgan fingerprint density at radius 3 is 2.83 bits per heavy atom. The van der Waals surface area contributed by atoms with Crippen LogP contribution >= 0.6 is 0 Å². The Balaban J connectivity index is 2.55. The topological polar surface area (TPSA) is 37.3 Å². The summed E-state index contributed by atoms with van der Waals surface area (Å²) >= 11 is 0. The summed E-state index contributed by atoms with van der Waals surface area (Å²) in [5.41, 5.74) is 0. The van der Waals surface area contributed by atoms with Crippen LogP contribution in [0, 0.1) is 11.8 Å². The molecule has 0 heterocycles. The Kier molecular flexibility index (Phi) is 3.06. The van der Waals surface area contributed by atoms with Crippen molar-refractivity contribution < 1.29 is 14.3 Å². The van der Waals surface area contributed by atoms with Crippen LogP contribution in [0.1, 0.15) is 32.6 Å². The summed E-state index contributed by atoms with van der Waals surface area (Å²) in [6, 6.07) is 0. The maximum atomic E-state index is 13.1. The highest BCUT2D eigenvalue weighted by atomic mass is 19.1. The van der Waals surface area contributed by atoms with Crippen LogP contribution in [0.3, 0.4) is 0 Å². The van der Waals surface area contributed by atoms with Crippen LogP contribution in [0.15, 0.2) is 0 Å². The fourth-order valence-corrected chi connectivity index (χ4v) is 2.14. The van der Waals surface area contributed by atoms with Gasteiger partial charge in [0.25, 0.3) is 0 Å². The summed E-state index contributed by atoms with van der Waals surface area (Å²) in [5.74, 6) is -1.23. The SMILES string of the molecule is CCC1CCCC1C(F)C(=O)O. The van der Waals surface area contributed by atoms with E-state index in [1.807, 2.05) is 6.92 Å². The zero-order valence-corrected chi connectivity index (χ0v) is 7.29. The Hall–Kier alpha value is -0.600. The summed E-state index contributed by atoms with van der Waals surface area (Å²) in [6.45, 7) is 2.00. The zero-order chi connectivity index (χ0) is 9.14. The van der Waals surface area contributed by atoms with Gasteiger partial charge in [-0.3, -0.25) is 0 Å². The van der Waals surface area contributed by atoms with E-state index in [0.717, 1.165) is 25.7 Å². The van der Waals surface area contributed by atoms with Gasteiger partial charge < -0.3 is 5.11 Å². The van der Waals surface area contributed by atoms with E-state index >= 15 is 0 Å². The molecular weight excluding hydrogens is 159 g/mol. The molecule has 0 amide bonds. The van der Waals surface area contributed by atoms with Gasteiger partial charge in [0.1, 0.15) is 0 Å². The lowest BCUT2D eigenvalue weighted by Crippen LogP contribution is -2.27. The van der Waals surface area contributed by atoms with Gasteiger partial charge in [0.2, 0.25) is 0 Å². The number of carbonyl (C=O) groups is 1. The fraction of sp³-hybridized carbons (Fsp3) is 0.889. The van der Waals surface area contributed by atoms with Crippen molar-refractivity contribution in [1.29, 1.82) is 0 Å². The highest BCUT2D eigenvalue weighted by Gasteiger charge is 2.36. The molecule has 0 aliphatic heterocycles. The summed E-state index contributed by atoms with van der Waals surface area (Å²) in [5, 5.41) is 8.48. The fourth-order valence-electron chi connectivity index (χ4n) is 2.14. The van der Waals surface area contributed by atoms with Crippen molar-refractivity contribution in [3.8, 4) is 0 Å². The molecule has 0 bridgehead atoms. The molecule has 0 radical (unpaired) electrons. The van der Waals surface area contributed by atoms with Gasteiger partial charge in [-0.1, -0.05) is 26.2 Å². The van der Waals surface area contributed by atoms with E-state index in [0.29, 0.717) is 0 Å². The van der Waals surface area contributed by atoms with Crippen molar-refractivity contribution in [2.45, 2.75) is 38.8 Å². The third-order valence-electron chi connectivity index (χ3n) is 2.85. The van der Waals surface area contributed by atoms with Crippen LogP contribution in [-0.4, -0.2) is 17.2 Å². The number of alkyl halides is 1. The molecule has 0 aromatic heterocycles. The molecule has 12 heavy (non-hydrogen) atoms. The first-order valence-electron chi connectivity index (χ1n) is 4.53. The average molecular weight is 174 g/mol. The Morgan fingerprint density at radius 2 is 2.33 bits per heavy atom. The molecule has 1 rings (SSSR count). The second-order valence-corrected chi connectivity index (χ2v) is 3.50. The van der Waals surface area contributed by atoms with Crippen LogP contribution in [0.5, 0.6) is 0 Å². The molecule has 3 unspecified atom stereocenters. The van der Waals surface area contributed by atoms with E-state index in [1.54, 1.807) is 0 Å². The van der Waals surface area contributed by atoms with Gasteiger partial charge >= 0.3 is 5.97 Å². The van der Waals surface area contributed by atoms with E-state index in [4.69, 9.17) is 5.11 Å². The number of hydrogen-bond donors (Lipinski definition) is 1. The quantitative estimate of drug-likeness (QED) is 0.712. The normalized spacial score (nSPS) is 31.8. The van der Waals surface area contributed by atoms with Gasteiger partial charge in [0, 0.05) is 5.92 Å². The predicted octanol–water partition coefficient (Wildman–Crippen LogP) is 2.24. The van der Waals surface area contributed by atoms with Crippen LogP contribution in [0.2, 0.25) is 0 Å². The van der Waals surface area contributed by atoms with E-state index in [-0.39, 0.29) is 11.8 Å². The molecule has 70 valence electrons. The van der Waals surface area contributed by atoms with Crippen molar-refractivity contribution in [3.63, 3.8) is 0 Å². The third kappa shape index (κ3) is 1.76. The first-order valence-corrected chi connectivity index (χ1v) is 4.53. The molecule has 3 heteroatoms. The highest BCUT2D eigenvalue weighted by Crippen LogP contribution is 2.37. The monoisotopic (exact) mass is 174 g/mol. The van der Waals surface area contributed by atoms with Crippen molar-refractivity contribution in [2.75, 3.05) is 0 Å². The largest absolute Gasteiger partial charge is 0.479 e. The van der Waals surface area contributed by atoms with Crippen molar-refractivity contribution in [3.05, 3.63) is 0 Å². The molecule has 1 N–H and O–H groups in total. The van der Waals surface area contributed by atoms with E-state index in [9.17, 15) is 9.18 Å². The number of hydrogen-bond acceptors (Lipinski definition) is 1. The number of carboxylic acid groups (broad SMARTS) is 1. The second-order valence-electron chi connectivity index (χ2n) is 3.50. The first kappa shape index (κ1) is 9.49. The minimum atomic E-state index is -1.64. The molecule has 0 saturated heterocycles. The third-order valence-corrected chi connectivity index (χ3v) is 2.85. The van der Waals surface area contributed by atoms with Gasteiger partial charge in [-0.15, -0.1) is 0 Å². The lowest BCUT2D eigenvalue weighted by molar-refractivity contribution is -0.145. The molecule has 0 aromatic carbocycles. The maximum Gasteiger partial charge on any atom is 0.338 e. The number of carboxylic acids is 1. The van der Waals surface area contributed by atoms with Crippen LogP contribution in [-0.2, 0) is 4.79 Å². The lowest BCUT2D eigenvalue weighted by atomic mass is 9.90. The van der Waals surface area contributed by atoms with Crippen molar-refractivity contribution in [2.24, 2.45) is 11.8 Å². The lowest BCUT2D eigenvalue weighted by Gasteiger charge is -2.18. The van der Waals surface area contributed by atoms with Crippen molar-refractivity contribution >= 4 is 5.97 Å². The molecule has 1 saturated carbocycles. The number of halogens is 1. The average Bonchev–Trinajstić information content (AvgIpc) is 2.49. The second kappa shape index (κ2) is 3.87. The predicted molar refractivity (Wildman–Crippen MR) is 43.7 cm³/mol. The maximum absolute atomic E-state index is 13.1. The van der Waals surface area contributed by atoms with Crippen molar-refractivity contribution in [1.82, 2.24) is 0 Å². The molecule has 1 fully saturated rings. The molecule has 1 aliphatic carbocycles. The molecule has 0 aromatic rings. The van der Waals surface area contributed by atoms with E-state index in [2.05, 4.69) is 0 Å². The minimum Gasteiger partial charge on any atom is -0.479 e. The first-order chi connectivity index (χ1) is 5.66. The number of aliphatic carboxylic acids is 1. The molecule has 0 spiro atoms. The van der Waals surface area contributed by atoms with Gasteiger partial charge in [-0.25, -0.2) is 9.18 Å². The summed E-state index contributed by atoms with van der Waals surface area (Å²) in [7, 11) is 0. The number of rotatable bonds is 3. The van der Waals surface area contributed by atoms with Crippen LogP contribution in [0.25, 0.3) is 0 Å². The van der Waals surface area contributed by atoms with Gasteiger partial charge in [0.15, 0.2) is 6.17 Å². The highest BCUT2D eigenvalue weighted by molar-refractivity contribution is 5.72. The molecule has 3 atom stereocenters. The van der Waals surface area contributed by atoms with Gasteiger partial charge in [-0.05, 0) is 12.3 Å². The standard InChI is InChI=1S/C9H15FO2/c1-2-6-4-3-5-7(6)8(10)9(11)12/h6-8H,2-5H2,1H3,(H,11,12). The summed E-state index contributed by atoms with van der Waals surface area (Å²) in [6.07, 6.45) is 1.98. The van der Waals surface area contributed by atoms with E-state index < -0.39 is 12.1 Å². The Bertz CT molecular complexity index is 170. The van der Waals surface area contributed by atoms with Crippen LogP contribution < -0.4 is 0 Å². The smallest absolute Gasteiger partial charge is 0.338 e. The molecule has 1 aliphatic rings. The minimum absolute atomic E-state index is 0.229. The summed E-state index contributed by atoms with van der Waals surface area (Å²) in [4.78, 5) is 10.4. The van der Waals surface area contributed by atoms with Gasteiger partial charge in [0.05, 0.1) is 0 Å². The summed E-state index contributed by atoms with van der Waals surface area (Å²) < 4.78 is 13.1. The Morgan fingerprint density at radius 1 is 1.67 bits per heavy atom. The van der Waals surface area contributed by atoms with E-state index in [1.165, 1.54) is 0 Å². The van der Waals surface area contributed by atoms with Gasteiger partial charge in [-0.2, -0.15) is 0 Å². The molecular formula is C9H15FO2. The zero-order valence-electron chi connectivity index (χ0n) is 7.29.